The highest BCUT2D eigenvalue weighted by Crippen LogP contribution is 2.24. The Morgan fingerprint density at radius 3 is 2.79 bits per heavy atom. The molecular weight excluding hydrogens is 259 g/mol. The van der Waals surface area contributed by atoms with E-state index in [1.807, 2.05) is 13.0 Å². The average Bonchev–Trinajstić information content (AvgIpc) is 2.37. The number of aryl methyl sites for hydroxylation is 2. The Morgan fingerprint density at radius 1 is 1.21 bits per heavy atom. The molecule has 3 rings (SSSR count). The van der Waals surface area contributed by atoms with Crippen molar-refractivity contribution in [2.24, 2.45) is 0 Å². The topological polar surface area (TPSA) is 28.7 Å². The van der Waals surface area contributed by atoms with Crippen LogP contribution in [0.2, 0.25) is 0 Å². The van der Waals surface area contributed by atoms with Gasteiger partial charge in [0.25, 0.3) is 0 Å². The molecule has 1 aromatic carbocycles. The molecule has 2 aromatic rings. The van der Waals surface area contributed by atoms with Crippen LogP contribution in [0.15, 0.2) is 18.2 Å². The molecule has 4 heteroatoms. The summed E-state index contributed by atoms with van der Waals surface area (Å²) in [6.45, 7) is 1.87. The van der Waals surface area contributed by atoms with Gasteiger partial charge in [-0.1, -0.05) is 12.2 Å². The first-order chi connectivity index (χ1) is 9.13. The minimum Gasteiger partial charge on any atom is -0.343 e. The molecule has 0 unspecified atom stereocenters. The molecular formula is C15H15FN2S. The number of H-pyrrole nitrogens is 1. The molecule has 1 aliphatic rings. The number of hydrogen-bond acceptors (Lipinski definition) is 2. The van der Waals surface area contributed by atoms with Crippen LogP contribution >= 0.6 is 12.2 Å². The van der Waals surface area contributed by atoms with Gasteiger partial charge in [0.1, 0.15) is 16.3 Å². The summed E-state index contributed by atoms with van der Waals surface area (Å²) >= 11 is 5.37. The molecule has 0 amide bonds. The lowest BCUT2D eigenvalue weighted by Gasteiger charge is -2.16. The van der Waals surface area contributed by atoms with E-state index in [-0.39, 0.29) is 5.82 Å². The molecule has 0 bridgehead atoms. The lowest BCUT2D eigenvalue weighted by Crippen LogP contribution is -2.08. The number of nitrogens with zero attached hydrogens (tertiary/aromatic N) is 1. The van der Waals surface area contributed by atoms with E-state index in [0.717, 1.165) is 29.5 Å². The maximum atomic E-state index is 13.5. The van der Waals surface area contributed by atoms with Gasteiger partial charge in [-0.05, 0) is 56.4 Å². The van der Waals surface area contributed by atoms with Gasteiger partial charge in [0.05, 0.1) is 0 Å². The molecule has 1 aliphatic carbocycles. The zero-order valence-electron chi connectivity index (χ0n) is 10.8. The molecule has 0 atom stereocenters. The van der Waals surface area contributed by atoms with Crippen molar-refractivity contribution in [1.29, 1.82) is 0 Å². The van der Waals surface area contributed by atoms with Crippen molar-refractivity contribution in [3.05, 3.63) is 45.5 Å². The van der Waals surface area contributed by atoms with Gasteiger partial charge in [0, 0.05) is 16.8 Å². The summed E-state index contributed by atoms with van der Waals surface area (Å²) in [7, 11) is 0. The molecule has 2 nitrogen and oxygen atoms in total. The summed E-state index contributed by atoms with van der Waals surface area (Å²) in [5, 5.41) is 0. The Kier molecular flexibility index (Phi) is 3.19. The number of nitrogens with one attached hydrogen (secondary N) is 1. The van der Waals surface area contributed by atoms with Crippen LogP contribution in [0.5, 0.6) is 0 Å². The van der Waals surface area contributed by atoms with Crippen LogP contribution in [-0.4, -0.2) is 9.97 Å². The van der Waals surface area contributed by atoms with Gasteiger partial charge >= 0.3 is 0 Å². The number of hydrogen-bond donors (Lipinski definition) is 1. The number of aromatic nitrogens is 2. The third-order valence-electron chi connectivity index (χ3n) is 3.52. The van der Waals surface area contributed by atoms with E-state index in [2.05, 4.69) is 9.97 Å². The predicted octanol–water partition coefficient (Wildman–Crippen LogP) is 4.13. The quantitative estimate of drug-likeness (QED) is 0.792. The van der Waals surface area contributed by atoms with Gasteiger partial charge < -0.3 is 4.98 Å². The smallest absolute Gasteiger partial charge is 0.139 e. The first-order valence-electron chi connectivity index (χ1n) is 6.53. The molecule has 0 radical (unpaired) electrons. The summed E-state index contributed by atoms with van der Waals surface area (Å²) in [5.74, 6) is 0.432. The maximum absolute atomic E-state index is 13.5. The molecule has 0 spiro atoms. The highest BCUT2D eigenvalue weighted by atomic mass is 32.1. The number of fused-ring (bicyclic) bond motifs is 1. The van der Waals surface area contributed by atoms with Crippen LogP contribution in [0.3, 0.4) is 0 Å². The van der Waals surface area contributed by atoms with Crippen LogP contribution in [-0.2, 0) is 12.8 Å². The first kappa shape index (κ1) is 12.5. The largest absolute Gasteiger partial charge is 0.343 e. The lowest BCUT2D eigenvalue weighted by molar-refractivity contribution is 0.626. The second-order valence-electron chi connectivity index (χ2n) is 5.07. The number of halogens is 1. The fourth-order valence-corrected chi connectivity index (χ4v) is 2.95. The first-order valence-corrected chi connectivity index (χ1v) is 6.94. The standard InChI is InChI=1S/C15H15FN2S/c1-9-6-10(8-11(16)7-9)14-17-13-5-3-2-4-12(13)15(19)18-14/h6-8H,2-5H2,1H3,(H,17,18,19). The van der Waals surface area contributed by atoms with Crippen molar-refractivity contribution in [3.63, 3.8) is 0 Å². The van der Waals surface area contributed by atoms with Gasteiger partial charge in [0.15, 0.2) is 0 Å². The summed E-state index contributed by atoms with van der Waals surface area (Å²) in [6, 6.07) is 4.93. The Bertz CT molecular complexity index is 671. The Labute approximate surface area is 116 Å². The summed E-state index contributed by atoms with van der Waals surface area (Å²) in [4.78, 5) is 7.76. The van der Waals surface area contributed by atoms with E-state index in [1.54, 1.807) is 0 Å². The number of rotatable bonds is 1. The molecule has 0 aliphatic heterocycles. The van der Waals surface area contributed by atoms with Crippen LogP contribution < -0.4 is 0 Å². The van der Waals surface area contributed by atoms with Crippen molar-refractivity contribution in [3.8, 4) is 11.4 Å². The van der Waals surface area contributed by atoms with Crippen LogP contribution in [0.1, 0.15) is 29.7 Å². The second kappa shape index (κ2) is 4.85. The normalized spacial score (nSPS) is 14.2. The summed E-state index contributed by atoms with van der Waals surface area (Å²) < 4.78 is 14.1. The lowest BCUT2D eigenvalue weighted by atomic mass is 9.97. The Hall–Kier alpha value is -1.55. The van der Waals surface area contributed by atoms with E-state index in [9.17, 15) is 4.39 Å². The fraction of sp³-hybridized carbons (Fsp3) is 0.333. The van der Waals surface area contributed by atoms with Gasteiger partial charge in [0.2, 0.25) is 0 Å². The highest BCUT2D eigenvalue weighted by Gasteiger charge is 2.14. The van der Waals surface area contributed by atoms with Crippen molar-refractivity contribution in [2.75, 3.05) is 0 Å². The molecule has 0 saturated heterocycles. The van der Waals surface area contributed by atoms with E-state index < -0.39 is 0 Å². The molecule has 0 saturated carbocycles. The SMILES string of the molecule is Cc1cc(F)cc(-c2nc(=S)c3c([nH]2)CCCC3)c1. The monoisotopic (exact) mass is 274 g/mol. The highest BCUT2D eigenvalue weighted by molar-refractivity contribution is 7.71. The van der Waals surface area contributed by atoms with E-state index in [4.69, 9.17) is 12.2 Å². The van der Waals surface area contributed by atoms with Gasteiger partial charge in [-0.15, -0.1) is 0 Å². The van der Waals surface area contributed by atoms with Crippen LogP contribution in [0.4, 0.5) is 4.39 Å². The van der Waals surface area contributed by atoms with Crippen molar-refractivity contribution < 1.29 is 4.39 Å². The summed E-state index contributed by atoms with van der Waals surface area (Å²) in [5.41, 5.74) is 3.98. The third-order valence-corrected chi connectivity index (χ3v) is 3.86. The second-order valence-corrected chi connectivity index (χ2v) is 5.46. The van der Waals surface area contributed by atoms with Crippen LogP contribution in [0.25, 0.3) is 11.4 Å². The summed E-state index contributed by atoms with van der Waals surface area (Å²) in [6.07, 6.45) is 4.34. The zero-order valence-corrected chi connectivity index (χ0v) is 11.6. The Balaban J connectivity index is 2.15. The molecule has 98 valence electrons. The third kappa shape index (κ3) is 2.45. The molecule has 1 heterocycles. The molecule has 19 heavy (non-hydrogen) atoms. The van der Waals surface area contributed by atoms with Crippen molar-refractivity contribution in [2.45, 2.75) is 32.6 Å². The van der Waals surface area contributed by atoms with E-state index >= 15 is 0 Å². The van der Waals surface area contributed by atoms with E-state index in [1.165, 1.54) is 30.7 Å². The van der Waals surface area contributed by atoms with Crippen molar-refractivity contribution >= 4 is 12.2 Å². The van der Waals surface area contributed by atoms with Gasteiger partial charge in [-0.2, -0.15) is 0 Å². The maximum Gasteiger partial charge on any atom is 0.139 e. The van der Waals surface area contributed by atoms with Crippen LogP contribution in [0, 0.1) is 17.4 Å². The fourth-order valence-electron chi connectivity index (χ4n) is 2.63. The zero-order chi connectivity index (χ0) is 13.4. The number of benzene rings is 1. The van der Waals surface area contributed by atoms with Gasteiger partial charge in [-0.25, -0.2) is 9.37 Å². The molecule has 0 fully saturated rings. The molecule has 1 N–H and O–H groups in total. The van der Waals surface area contributed by atoms with E-state index in [0.29, 0.717) is 10.5 Å². The van der Waals surface area contributed by atoms with Crippen molar-refractivity contribution in [1.82, 2.24) is 9.97 Å². The molecule has 1 aromatic heterocycles. The predicted molar refractivity (Wildman–Crippen MR) is 76.2 cm³/mol. The Morgan fingerprint density at radius 2 is 2.00 bits per heavy atom. The number of aromatic amines is 1. The average molecular weight is 274 g/mol. The minimum absolute atomic E-state index is 0.242. The van der Waals surface area contributed by atoms with Gasteiger partial charge in [-0.3, -0.25) is 0 Å². The minimum atomic E-state index is -0.242.